The predicted octanol–water partition coefficient (Wildman–Crippen LogP) is 3.33. The van der Waals surface area contributed by atoms with Gasteiger partial charge in [0.25, 0.3) is 0 Å². The van der Waals surface area contributed by atoms with Gasteiger partial charge in [-0.2, -0.15) is 0 Å². The molecule has 0 heterocycles. The molecular weight excluding hydrogens is 212 g/mol. The molecule has 0 atom stereocenters. The lowest BCUT2D eigenvalue weighted by atomic mass is 10.2. The molecule has 0 aliphatic carbocycles. The monoisotopic (exact) mass is 228 g/mol. The summed E-state index contributed by atoms with van der Waals surface area (Å²) in [5.74, 6) is 0.818. The van der Waals surface area contributed by atoms with Gasteiger partial charge in [-0.1, -0.05) is 12.1 Å². The van der Waals surface area contributed by atoms with Crippen LogP contribution in [0.2, 0.25) is 0 Å². The minimum Gasteiger partial charge on any atom is -0.495 e. The predicted molar refractivity (Wildman–Crippen MR) is 71.9 cm³/mol. The first kappa shape index (κ1) is 11.3. The Balaban J connectivity index is 2.32. The van der Waals surface area contributed by atoms with Gasteiger partial charge in [0.2, 0.25) is 0 Å². The van der Waals surface area contributed by atoms with Crippen LogP contribution in [0.4, 0.5) is 17.1 Å². The number of hydrogen-bond acceptors (Lipinski definition) is 3. The van der Waals surface area contributed by atoms with Gasteiger partial charge in [0.1, 0.15) is 5.75 Å². The number of anilines is 3. The van der Waals surface area contributed by atoms with Gasteiger partial charge in [-0.05, 0) is 42.8 Å². The highest BCUT2D eigenvalue weighted by Crippen LogP contribution is 2.28. The molecule has 3 nitrogen and oxygen atoms in total. The van der Waals surface area contributed by atoms with Gasteiger partial charge in [0.05, 0.1) is 12.8 Å². The molecule has 3 N–H and O–H groups in total. The highest BCUT2D eigenvalue weighted by atomic mass is 16.5. The second-order valence-electron chi connectivity index (χ2n) is 3.95. The fraction of sp³-hybridized carbons (Fsp3) is 0.143. The van der Waals surface area contributed by atoms with Gasteiger partial charge in [-0.15, -0.1) is 0 Å². The molecule has 0 saturated carbocycles. The van der Waals surface area contributed by atoms with E-state index in [1.54, 1.807) is 7.11 Å². The number of benzene rings is 2. The van der Waals surface area contributed by atoms with Gasteiger partial charge in [-0.3, -0.25) is 0 Å². The Kier molecular flexibility index (Phi) is 3.19. The third-order valence-corrected chi connectivity index (χ3v) is 2.52. The number of nitrogens with one attached hydrogen (secondary N) is 1. The van der Waals surface area contributed by atoms with Gasteiger partial charge in [0.15, 0.2) is 0 Å². The van der Waals surface area contributed by atoms with E-state index in [4.69, 9.17) is 10.5 Å². The van der Waals surface area contributed by atoms with Crippen molar-refractivity contribution in [1.82, 2.24) is 0 Å². The molecule has 0 aliphatic heterocycles. The SMILES string of the molecule is COc1ccc(C)cc1Nc1cccc(N)c1. The van der Waals surface area contributed by atoms with Crippen LogP contribution in [0.3, 0.4) is 0 Å². The molecule has 2 aromatic rings. The first-order chi connectivity index (χ1) is 8.19. The van der Waals surface area contributed by atoms with E-state index < -0.39 is 0 Å². The maximum absolute atomic E-state index is 5.74. The number of nitrogens with two attached hydrogens (primary N) is 1. The van der Waals surface area contributed by atoms with Crippen molar-refractivity contribution in [1.29, 1.82) is 0 Å². The number of aryl methyl sites for hydroxylation is 1. The van der Waals surface area contributed by atoms with Crippen LogP contribution >= 0.6 is 0 Å². The maximum Gasteiger partial charge on any atom is 0.142 e. The molecule has 0 radical (unpaired) electrons. The van der Waals surface area contributed by atoms with Crippen LogP contribution in [0.15, 0.2) is 42.5 Å². The average Bonchev–Trinajstić information content (AvgIpc) is 2.29. The van der Waals surface area contributed by atoms with Crippen molar-refractivity contribution in [2.45, 2.75) is 6.92 Å². The Bertz CT molecular complexity index is 523. The summed E-state index contributed by atoms with van der Waals surface area (Å²) in [4.78, 5) is 0. The van der Waals surface area contributed by atoms with Crippen molar-refractivity contribution < 1.29 is 4.74 Å². The van der Waals surface area contributed by atoms with E-state index in [1.165, 1.54) is 5.56 Å². The number of hydrogen-bond donors (Lipinski definition) is 2. The molecule has 2 rings (SSSR count). The van der Waals surface area contributed by atoms with Crippen molar-refractivity contribution in [3.05, 3.63) is 48.0 Å². The van der Waals surface area contributed by atoms with Crippen LogP contribution in [0, 0.1) is 6.92 Å². The van der Waals surface area contributed by atoms with Crippen LogP contribution < -0.4 is 15.8 Å². The van der Waals surface area contributed by atoms with E-state index in [0.717, 1.165) is 22.8 Å². The molecule has 0 bridgehead atoms. The molecule has 0 spiro atoms. The minimum atomic E-state index is 0.738. The third-order valence-electron chi connectivity index (χ3n) is 2.52. The zero-order chi connectivity index (χ0) is 12.3. The highest BCUT2D eigenvalue weighted by Gasteiger charge is 2.03. The van der Waals surface area contributed by atoms with Crippen LogP contribution in [0.5, 0.6) is 5.75 Å². The molecule has 0 saturated heterocycles. The summed E-state index contributed by atoms with van der Waals surface area (Å²) in [7, 11) is 1.66. The molecule has 0 unspecified atom stereocenters. The average molecular weight is 228 g/mol. The summed E-state index contributed by atoms with van der Waals surface area (Å²) >= 11 is 0. The fourth-order valence-electron chi connectivity index (χ4n) is 1.69. The van der Waals surface area contributed by atoms with Gasteiger partial charge < -0.3 is 15.8 Å². The van der Waals surface area contributed by atoms with Crippen molar-refractivity contribution in [2.75, 3.05) is 18.2 Å². The Morgan fingerprint density at radius 2 is 1.94 bits per heavy atom. The van der Waals surface area contributed by atoms with Crippen LogP contribution in [0.1, 0.15) is 5.56 Å². The smallest absolute Gasteiger partial charge is 0.142 e. The van der Waals surface area contributed by atoms with Crippen LogP contribution in [-0.4, -0.2) is 7.11 Å². The number of methoxy groups -OCH3 is 1. The molecule has 3 heteroatoms. The fourth-order valence-corrected chi connectivity index (χ4v) is 1.69. The van der Waals surface area contributed by atoms with Crippen LogP contribution in [-0.2, 0) is 0 Å². The van der Waals surface area contributed by atoms with E-state index in [1.807, 2.05) is 49.4 Å². The van der Waals surface area contributed by atoms with Crippen molar-refractivity contribution in [3.63, 3.8) is 0 Å². The van der Waals surface area contributed by atoms with Crippen molar-refractivity contribution >= 4 is 17.1 Å². The third kappa shape index (κ3) is 2.69. The number of nitrogen functional groups attached to an aromatic ring is 1. The number of rotatable bonds is 3. The van der Waals surface area contributed by atoms with Crippen molar-refractivity contribution in [3.8, 4) is 5.75 Å². The Morgan fingerprint density at radius 1 is 1.12 bits per heavy atom. The summed E-state index contributed by atoms with van der Waals surface area (Å²) in [6.45, 7) is 2.05. The van der Waals surface area contributed by atoms with E-state index in [9.17, 15) is 0 Å². The lowest BCUT2D eigenvalue weighted by Gasteiger charge is -2.12. The zero-order valence-electron chi connectivity index (χ0n) is 10.0. The van der Waals surface area contributed by atoms with Crippen molar-refractivity contribution in [2.24, 2.45) is 0 Å². The topological polar surface area (TPSA) is 47.3 Å². The zero-order valence-corrected chi connectivity index (χ0v) is 10.0. The summed E-state index contributed by atoms with van der Waals surface area (Å²) in [6, 6.07) is 13.6. The molecule has 0 fully saturated rings. The quantitative estimate of drug-likeness (QED) is 0.792. The van der Waals surface area contributed by atoms with E-state index in [0.29, 0.717) is 0 Å². The molecule has 0 aliphatic rings. The largest absolute Gasteiger partial charge is 0.495 e. The summed E-state index contributed by atoms with van der Waals surface area (Å²) in [5, 5.41) is 3.30. The van der Waals surface area contributed by atoms with E-state index >= 15 is 0 Å². The first-order valence-electron chi connectivity index (χ1n) is 5.46. The van der Waals surface area contributed by atoms with Gasteiger partial charge >= 0.3 is 0 Å². The lowest BCUT2D eigenvalue weighted by Crippen LogP contribution is -1.96. The lowest BCUT2D eigenvalue weighted by molar-refractivity contribution is 0.416. The second-order valence-corrected chi connectivity index (χ2v) is 3.95. The summed E-state index contributed by atoms with van der Waals surface area (Å²) < 4.78 is 5.31. The van der Waals surface area contributed by atoms with E-state index in [-0.39, 0.29) is 0 Å². The molecular formula is C14H16N2O. The highest BCUT2D eigenvalue weighted by molar-refractivity contribution is 5.69. The maximum atomic E-state index is 5.74. The summed E-state index contributed by atoms with van der Waals surface area (Å²) in [6.07, 6.45) is 0. The minimum absolute atomic E-state index is 0.738. The molecule has 0 aromatic heterocycles. The molecule has 2 aromatic carbocycles. The Morgan fingerprint density at radius 3 is 2.65 bits per heavy atom. The van der Waals surface area contributed by atoms with Gasteiger partial charge in [0, 0.05) is 11.4 Å². The van der Waals surface area contributed by atoms with Crippen LogP contribution in [0.25, 0.3) is 0 Å². The normalized spacial score (nSPS) is 10.0. The number of ether oxygens (including phenoxy) is 1. The summed E-state index contributed by atoms with van der Waals surface area (Å²) in [5.41, 5.74) is 9.55. The second kappa shape index (κ2) is 4.78. The molecule has 0 amide bonds. The van der Waals surface area contributed by atoms with E-state index in [2.05, 4.69) is 5.32 Å². The molecule has 88 valence electrons. The Labute approximate surface area is 101 Å². The first-order valence-corrected chi connectivity index (χ1v) is 5.46. The Hall–Kier alpha value is -2.16. The molecule has 17 heavy (non-hydrogen) atoms. The standard InChI is InChI=1S/C14H16N2O/c1-10-6-7-14(17-2)13(8-10)16-12-5-3-4-11(15)9-12/h3-9,16H,15H2,1-2H3. The van der Waals surface area contributed by atoms with Gasteiger partial charge in [-0.25, -0.2) is 0 Å².